The summed E-state index contributed by atoms with van der Waals surface area (Å²) < 4.78 is 44.6. The van der Waals surface area contributed by atoms with Crippen molar-refractivity contribution in [1.29, 1.82) is 5.26 Å². The average molecular weight is 634 g/mol. The van der Waals surface area contributed by atoms with Crippen LogP contribution in [0.1, 0.15) is 36.1 Å². The maximum absolute atomic E-state index is 12.8. The second kappa shape index (κ2) is 13.2. The topological polar surface area (TPSA) is 88.8 Å². The van der Waals surface area contributed by atoms with Gasteiger partial charge < -0.3 is 24.3 Å². The van der Waals surface area contributed by atoms with Crippen LogP contribution in [0.5, 0.6) is 6.01 Å². The molecule has 0 aliphatic carbocycles. The molecule has 0 bridgehead atoms. The molecule has 1 amide bonds. The van der Waals surface area contributed by atoms with E-state index in [2.05, 4.69) is 66.2 Å². The van der Waals surface area contributed by atoms with Gasteiger partial charge in [0.2, 0.25) is 5.91 Å². The number of piperazine rings is 1. The van der Waals surface area contributed by atoms with Gasteiger partial charge in [0.05, 0.1) is 30.8 Å². The number of amides is 1. The Bertz CT molecular complexity index is 1670. The van der Waals surface area contributed by atoms with Gasteiger partial charge in [0.15, 0.2) is 0 Å². The number of anilines is 2. The molecule has 3 aromatic rings. The van der Waals surface area contributed by atoms with Gasteiger partial charge in [0.1, 0.15) is 12.4 Å². The van der Waals surface area contributed by atoms with Gasteiger partial charge in [-0.05, 0) is 56.8 Å². The third kappa shape index (κ3) is 6.75. The number of benzene rings is 2. The van der Waals surface area contributed by atoms with E-state index in [1.54, 1.807) is 0 Å². The minimum atomic E-state index is -4.59. The van der Waals surface area contributed by atoms with Crippen LogP contribution in [0.3, 0.4) is 0 Å². The summed E-state index contributed by atoms with van der Waals surface area (Å²) in [5, 5.41) is 11.9. The van der Waals surface area contributed by atoms with Gasteiger partial charge in [0.25, 0.3) is 0 Å². The zero-order valence-corrected chi connectivity index (χ0v) is 26.1. The summed E-state index contributed by atoms with van der Waals surface area (Å²) in [6.07, 6.45) is -1.29. The molecule has 2 saturated heterocycles. The van der Waals surface area contributed by atoms with E-state index in [1.807, 2.05) is 4.90 Å². The van der Waals surface area contributed by atoms with Crippen molar-refractivity contribution in [2.75, 3.05) is 56.2 Å². The Hall–Kier alpha value is -4.37. The highest BCUT2D eigenvalue weighted by Gasteiger charge is 2.34. The van der Waals surface area contributed by atoms with E-state index in [-0.39, 0.29) is 37.6 Å². The van der Waals surface area contributed by atoms with Gasteiger partial charge in [-0.3, -0.25) is 4.79 Å². The van der Waals surface area contributed by atoms with E-state index < -0.39 is 18.1 Å². The number of alkyl halides is 3. The molecule has 6 rings (SSSR count). The summed E-state index contributed by atoms with van der Waals surface area (Å²) >= 11 is 0. The number of aryl methyl sites for hydroxylation is 1. The number of carbonyl (C=O) groups is 1. The van der Waals surface area contributed by atoms with Crippen LogP contribution in [0, 0.1) is 18.3 Å². The second-order valence-electron chi connectivity index (χ2n) is 12.3. The number of halogens is 3. The van der Waals surface area contributed by atoms with Crippen LogP contribution in [0.25, 0.3) is 10.8 Å². The summed E-state index contributed by atoms with van der Waals surface area (Å²) in [7, 11) is 2.09. The van der Waals surface area contributed by atoms with E-state index in [0.717, 1.165) is 42.9 Å². The fourth-order valence-corrected chi connectivity index (χ4v) is 6.93. The fourth-order valence-electron chi connectivity index (χ4n) is 6.93. The molecular formula is C34H38F3N7O2. The Balaban J connectivity index is 1.31. The lowest BCUT2D eigenvalue weighted by Gasteiger charge is -2.42. The molecule has 46 heavy (non-hydrogen) atoms. The lowest BCUT2D eigenvalue weighted by Crippen LogP contribution is -2.55. The molecule has 2 fully saturated rings. The molecular weight excluding hydrogens is 595 g/mol. The normalized spacial score (nSPS) is 20.7. The zero-order chi connectivity index (χ0) is 32.4. The highest BCUT2D eigenvalue weighted by Crippen LogP contribution is 2.36. The molecule has 0 N–H and O–H groups in total. The fraction of sp³-hybridized carbons (Fsp3) is 0.471. The molecule has 1 aromatic heterocycles. The Morgan fingerprint density at radius 3 is 2.63 bits per heavy atom. The van der Waals surface area contributed by atoms with Gasteiger partial charge in [0, 0.05) is 61.0 Å². The minimum Gasteiger partial charge on any atom is -0.462 e. The minimum absolute atomic E-state index is 0.0129. The van der Waals surface area contributed by atoms with Crippen molar-refractivity contribution >= 4 is 28.2 Å². The van der Waals surface area contributed by atoms with Crippen molar-refractivity contribution in [2.24, 2.45) is 0 Å². The van der Waals surface area contributed by atoms with Crippen molar-refractivity contribution in [3.8, 4) is 12.1 Å². The maximum atomic E-state index is 12.8. The Morgan fingerprint density at radius 1 is 1.09 bits per heavy atom. The SMILES string of the molecule is Cc1cccc2cccc(N3CCc4c(nc(OCC5CCCN5C)nc4N4CCN(C(=O)/C=C/C(F)(F)F)[C@@H](CC#N)C4)C3)c12. The third-order valence-electron chi connectivity index (χ3n) is 9.34. The molecule has 3 aliphatic heterocycles. The number of hydrogen-bond acceptors (Lipinski definition) is 8. The predicted octanol–water partition coefficient (Wildman–Crippen LogP) is 5.02. The van der Waals surface area contributed by atoms with Gasteiger partial charge in [-0.1, -0.05) is 30.3 Å². The highest BCUT2D eigenvalue weighted by atomic mass is 19.4. The van der Waals surface area contributed by atoms with Crippen molar-refractivity contribution in [3.63, 3.8) is 0 Å². The van der Waals surface area contributed by atoms with E-state index >= 15 is 0 Å². The summed E-state index contributed by atoms with van der Waals surface area (Å²) in [5.41, 5.74) is 4.20. The van der Waals surface area contributed by atoms with E-state index in [4.69, 9.17) is 14.7 Å². The van der Waals surface area contributed by atoms with Crippen molar-refractivity contribution < 1.29 is 22.7 Å². The number of hydrogen-bond donors (Lipinski definition) is 0. The van der Waals surface area contributed by atoms with Gasteiger partial charge in [-0.25, -0.2) is 0 Å². The van der Waals surface area contributed by atoms with Crippen LogP contribution in [0.2, 0.25) is 0 Å². The van der Waals surface area contributed by atoms with Crippen LogP contribution >= 0.6 is 0 Å². The van der Waals surface area contributed by atoms with Gasteiger partial charge in [-0.15, -0.1) is 0 Å². The molecule has 0 radical (unpaired) electrons. The quantitative estimate of drug-likeness (QED) is 0.335. The first-order chi connectivity index (χ1) is 22.1. The van der Waals surface area contributed by atoms with E-state index in [1.165, 1.54) is 21.2 Å². The summed E-state index contributed by atoms with van der Waals surface area (Å²) in [6, 6.07) is 14.7. The monoisotopic (exact) mass is 633 g/mol. The smallest absolute Gasteiger partial charge is 0.409 e. The van der Waals surface area contributed by atoms with Crippen molar-refractivity contribution in [2.45, 2.75) is 57.4 Å². The Kier molecular flexibility index (Phi) is 9.04. The van der Waals surface area contributed by atoms with Crippen LogP contribution in [-0.4, -0.2) is 90.3 Å². The zero-order valence-electron chi connectivity index (χ0n) is 26.1. The lowest BCUT2D eigenvalue weighted by atomic mass is 9.99. The molecule has 4 heterocycles. The number of rotatable bonds is 7. The largest absolute Gasteiger partial charge is 0.462 e. The van der Waals surface area contributed by atoms with E-state index in [9.17, 15) is 23.2 Å². The molecule has 0 spiro atoms. The molecule has 1 unspecified atom stereocenters. The molecule has 9 nitrogen and oxygen atoms in total. The van der Waals surface area contributed by atoms with Crippen LogP contribution < -0.4 is 14.5 Å². The Labute approximate surface area is 266 Å². The predicted molar refractivity (Wildman–Crippen MR) is 170 cm³/mol. The number of allylic oxidation sites excluding steroid dienone is 1. The number of fused-ring (bicyclic) bond motifs is 2. The standard InChI is InChI=1S/C34H38F3N7O2/c1-23-6-3-7-24-8-4-10-29(31(23)24)42-17-13-27-28(21-42)39-33(46-22-26-9-5-16-41(26)2)40-32(27)43-18-19-44(25(20-43)12-15-38)30(45)11-14-34(35,36)37/h3-4,6-8,10-11,14,25-26H,5,9,12-13,16-22H2,1-2H3/b14-11+/t25-,26?/m0/s1. The molecule has 12 heteroatoms. The van der Waals surface area contributed by atoms with Gasteiger partial charge >= 0.3 is 12.2 Å². The Morgan fingerprint density at radius 2 is 1.89 bits per heavy atom. The summed E-state index contributed by atoms with van der Waals surface area (Å²) in [4.78, 5) is 30.6. The van der Waals surface area contributed by atoms with Crippen molar-refractivity contribution in [3.05, 3.63) is 65.4 Å². The van der Waals surface area contributed by atoms with Crippen LogP contribution in [0.4, 0.5) is 24.7 Å². The van der Waals surface area contributed by atoms with Crippen LogP contribution in [0.15, 0.2) is 48.6 Å². The molecule has 2 aromatic carbocycles. The molecule has 2 atom stereocenters. The average Bonchev–Trinajstić information content (AvgIpc) is 3.46. The molecule has 3 aliphatic rings. The first kappa shape index (κ1) is 31.6. The van der Waals surface area contributed by atoms with Crippen LogP contribution in [-0.2, 0) is 17.8 Å². The number of likely N-dealkylation sites (N-methyl/N-ethyl adjacent to an activating group) is 1. The molecule has 242 valence electrons. The number of nitrogens with zero attached hydrogens (tertiary/aromatic N) is 7. The summed E-state index contributed by atoms with van der Waals surface area (Å²) in [6.45, 7) is 5.69. The number of nitriles is 1. The second-order valence-corrected chi connectivity index (χ2v) is 12.3. The number of ether oxygens (including phenoxy) is 1. The highest BCUT2D eigenvalue weighted by molar-refractivity contribution is 5.97. The van der Waals surface area contributed by atoms with Crippen molar-refractivity contribution in [1.82, 2.24) is 19.8 Å². The third-order valence-corrected chi connectivity index (χ3v) is 9.34. The van der Waals surface area contributed by atoms with E-state index in [0.29, 0.717) is 38.0 Å². The lowest BCUT2D eigenvalue weighted by molar-refractivity contribution is -0.129. The van der Waals surface area contributed by atoms with Gasteiger partial charge in [-0.2, -0.15) is 28.4 Å². The molecule has 0 saturated carbocycles. The first-order valence-electron chi connectivity index (χ1n) is 15.8. The number of aromatic nitrogens is 2. The first-order valence-corrected chi connectivity index (χ1v) is 15.8. The number of carbonyl (C=O) groups excluding carboxylic acids is 1. The number of likely N-dealkylation sites (tertiary alicyclic amines) is 1. The summed E-state index contributed by atoms with van der Waals surface area (Å²) in [5.74, 6) is -0.0536. The maximum Gasteiger partial charge on any atom is 0.409 e.